The molecule has 1 fully saturated rings. The smallest absolute Gasteiger partial charge is 0.182 e. The molecule has 2 aliphatic carbocycles. The lowest BCUT2D eigenvalue weighted by molar-refractivity contribution is 0.586. The quantitative estimate of drug-likeness (QED) is 0.261. The van der Waals surface area contributed by atoms with Crippen LogP contribution in [0.15, 0.2) is 63.8 Å². The maximum atomic E-state index is 11.9. The molecule has 0 bridgehead atoms. The molecule has 166 valence electrons. The van der Waals surface area contributed by atoms with Crippen LogP contribution in [0.25, 0.3) is 33.4 Å². The summed E-state index contributed by atoms with van der Waals surface area (Å²) in [5, 5.41) is 2.15. The van der Waals surface area contributed by atoms with Crippen molar-refractivity contribution in [3.05, 3.63) is 70.4 Å². The number of hydrogen-bond donors (Lipinski definition) is 0. The summed E-state index contributed by atoms with van der Waals surface area (Å²) in [6.45, 7) is 9.05. The summed E-state index contributed by atoms with van der Waals surface area (Å²) >= 11 is 0. The minimum atomic E-state index is -0.0492. The SMILES string of the molecule is CC1CC1(C)C.Cc1ccccc1-c1c2ccc(=O)cc-2oc2cc(N(C)C)c(P)cc12. The van der Waals surface area contributed by atoms with Crippen molar-refractivity contribution in [3.63, 3.8) is 0 Å². The highest BCUT2D eigenvalue weighted by atomic mass is 31.0. The number of nitrogens with zero attached hydrogens (tertiary/aromatic N) is 1. The minimum Gasteiger partial charge on any atom is -0.456 e. The van der Waals surface area contributed by atoms with Gasteiger partial charge in [0.25, 0.3) is 0 Å². The van der Waals surface area contributed by atoms with Crippen molar-refractivity contribution in [1.29, 1.82) is 0 Å². The molecule has 2 aromatic rings. The average Bonchev–Trinajstić information content (AvgIpc) is 3.29. The molecule has 1 saturated carbocycles. The maximum absolute atomic E-state index is 11.9. The van der Waals surface area contributed by atoms with Crippen LogP contribution in [0.1, 0.15) is 32.8 Å². The third kappa shape index (κ3) is 4.32. The standard InChI is InChI=1S/C22H20NO2P.C6H12/c1-13-6-4-5-7-15(13)22-16-9-8-14(24)10-19(16)25-20-12-18(23(2)3)21(26)11-17(20)22;1-5-4-6(5,2)3/h4-12H,26H2,1-3H3;5H,4H2,1-3H3. The highest BCUT2D eigenvalue weighted by Crippen LogP contribution is 2.50. The van der Waals surface area contributed by atoms with E-state index in [4.69, 9.17) is 4.42 Å². The van der Waals surface area contributed by atoms with Crippen molar-refractivity contribution in [2.24, 2.45) is 11.3 Å². The Bertz CT molecular complexity index is 1320. The van der Waals surface area contributed by atoms with Crippen LogP contribution in [0, 0.1) is 18.3 Å². The summed E-state index contributed by atoms with van der Waals surface area (Å²) in [7, 11) is 6.83. The van der Waals surface area contributed by atoms with Crippen LogP contribution >= 0.6 is 9.24 Å². The first-order valence-electron chi connectivity index (χ1n) is 11.1. The van der Waals surface area contributed by atoms with Crippen molar-refractivity contribution in [2.45, 2.75) is 34.1 Å². The number of anilines is 1. The van der Waals surface area contributed by atoms with Gasteiger partial charge in [0.05, 0.1) is 0 Å². The fourth-order valence-electron chi connectivity index (χ4n) is 4.18. The first kappa shape index (κ1) is 22.6. The van der Waals surface area contributed by atoms with Crippen molar-refractivity contribution in [1.82, 2.24) is 0 Å². The van der Waals surface area contributed by atoms with Gasteiger partial charge in [-0.3, -0.25) is 4.79 Å². The lowest BCUT2D eigenvalue weighted by atomic mass is 9.91. The van der Waals surface area contributed by atoms with Crippen LogP contribution in [0.3, 0.4) is 0 Å². The fourth-order valence-corrected chi connectivity index (χ4v) is 4.69. The van der Waals surface area contributed by atoms with Crippen molar-refractivity contribution in [2.75, 3.05) is 19.0 Å². The van der Waals surface area contributed by atoms with Gasteiger partial charge in [0.2, 0.25) is 0 Å². The first-order chi connectivity index (χ1) is 15.1. The normalized spacial score (nSPS) is 16.5. The lowest BCUT2D eigenvalue weighted by Gasteiger charge is -2.20. The number of fused-ring (bicyclic) bond motifs is 2. The zero-order chi connectivity index (χ0) is 23.2. The van der Waals surface area contributed by atoms with E-state index in [1.165, 1.54) is 12.0 Å². The largest absolute Gasteiger partial charge is 0.456 e. The van der Waals surface area contributed by atoms with E-state index in [9.17, 15) is 4.79 Å². The second-order valence-corrected chi connectivity index (χ2v) is 10.5. The van der Waals surface area contributed by atoms with Gasteiger partial charge >= 0.3 is 0 Å². The fraction of sp³-hybridized carbons (Fsp3) is 0.321. The van der Waals surface area contributed by atoms with Crippen LogP contribution in [-0.4, -0.2) is 14.1 Å². The lowest BCUT2D eigenvalue weighted by Crippen LogP contribution is -2.15. The second-order valence-electron chi connectivity index (χ2n) is 9.85. The van der Waals surface area contributed by atoms with Crippen molar-refractivity contribution < 1.29 is 4.42 Å². The van der Waals surface area contributed by atoms with Crippen LogP contribution in [-0.2, 0) is 0 Å². The number of hydrogen-bond acceptors (Lipinski definition) is 3. The van der Waals surface area contributed by atoms with E-state index in [0.29, 0.717) is 11.2 Å². The third-order valence-corrected chi connectivity index (χ3v) is 7.21. The topological polar surface area (TPSA) is 33.5 Å². The Hall–Kier alpha value is -2.64. The van der Waals surface area contributed by atoms with E-state index in [0.717, 1.165) is 44.6 Å². The molecular weight excluding hydrogens is 413 g/mol. The highest BCUT2D eigenvalue weighted by molar-refractivity contribution is 7.28. The molecule has 0 radical (unpaired) electrons. The summed E-state index contributed by atoms with van der Waals surface area (Å²) in [5.74, 6) is 1.61. The Morgan fingerprint density at radius 3 is 2.28 bits per heavy atom. The second kappa shape index (κ2) is 8.37. The molecule has 2 aromatic carbocycles. The van der Waals surface area contributed by atoms with Gasteiger partial charge in [0.1, 0.15) is 11.3 Å². The summed E-state index contributed by atoms with van der Waals surface area (Å²) in [6.07, 6.45) is 1.44. The summed E-state index contributed by atoms with van der Waals surface area (Å²) < 4.78 is 6.14. The Morgan fingerprint density at radius 2 is 1.69 bits per heavy atom. The van der Waals surface area contributed by atoms with E-state index in [2.05, 4.69) is 60.0 Å². The zero-order valence-electron chi connectivity index (χ0n) is 19.8. The van der Waals surface area contributed by atoms with Gasteiger partial charge in [-0.1, -0.05) is 45.0 Å². The summed E-state index contributed by atoms with van der Waals surface area (Å²) in [4.78, 5) is 13.9. The van der Waals surface area contributed by atoms with Crippen LogP contribution < -0.4 is 15.6 Å². The van der Waals surface area contributed by atoms with Crippen molar-refractivity contribution >= 4 is 31.2 Å². The zero-order valence-corrected chi connectivity index (χ0v) is 21.0. The molecule has 3 aliphatic rings. The molecule has 0 N–H and O–H groups in total. The maximum Gasteiger partial charge on any atom is 0.182 e. The molecule has 5 rings (SSSR count). The van der Waals surface area contributed by atoms with Crippen molar-refractivity contribution in [3.8, 4) is 22.5 Å². The number of aryl methyl sites for hydroxylation is 1. The molecule has 0 spiro atoms. The molecule has 2 unspecified atom stereocenters. The molecule has 1 aliphatic heterocycles. The molecule has 1 heterocycles. The van der Waals surface area contributed by atoms with Gasteiger partial charge < -0.3 is 9.32 Å². The van der Waals surface area contributed by atoms with Gasteiger partial charge in [-0.05, 0) is 59.3 Å². The van der Waals surface area contributed by atoms with Crippen LogP contribution in [0.2, 0.25) is 0 Å². The van der Waals surface area contributed by atoms with Gasteiger partial charge in [0, 0.05) is 48.4 Å². The summed E-state index contributed by atoms with van der Waals surface area (Å²) in [5.41, 5.74) is 6.90. The third-order valence-electron chi connectivity index (χ3n) is 6.74. The monoisotopic (exact) mass is 445 g/mol. The predicted octanol–water partition coefficient (Wildman–Crippen LogP) is 6.49. The van der Waals surface area contributed by atoms with E-state index in [1.54, 1.807) is 12.1 Å². The van der Waals surface area contributed by atoms with Crippen LogP contribution in [0.4, 0.5) is 5.69 Å². The van der Waals surface area contributed by atoms with E-state index < -0.39 is 0 Å². The minimum absolute atomic E-state index is 0.0492. The molecule has 32 heavy (non-hydrogen) atoms. The van der Waals surface area contributed by atoms with E-state index in [-0.39, 0.29) is 5.43 Å². The van der Waals surface area contributed by atoms with Crippen LogP contribution in [0.5, 0.6) is 0 Å². The molecule has 0 amide bonds. The Balaban J connectivity index is 0.000000354. The van der Waals surface area contributed by atoms with E-state index in [1.807, 2.05) is 38.4 Å². The first-order valence-corrected chi connectivity index (χ1v) is 11.7. The molecule has 0 saturated heterocycles. The van der Waals surface area contributed by atoms with E-state index >= 15 is 0 Å². The summed E-state index contributed by atoms with van der Waals surface area (Å²) in [6, 6.07) is 17.5. The average molecular weight is 446 g/mol. The Labute approximate surface area is 193 Å². The number of benzene rings is 3. The molecule has 0 aromatic heterocycles. The Kier molecular flexibility index (Phi) is 5.90. The van der Waals surface area contributed by atoms with Gasteiger partial charge in [0.15, 0.2) is 5.43 Å². The molecule has 3 nitrogen and oxygen atoms in total. The predicted molar refractivity (Wildman–Crippen MR) is 141 cm³/mol. The molecule has 4 heteroatoms. The van der Waals surface area contributed by atoms with Gasteiger partial charge in [-0.2, -0.15) is 0 Å². The highest BCUT2D eigenvalue weighted by Gasteiger charge is 2.41. The van der Waals surface area contributed by atoms with Gasteiger partial charge in [-0.25, -0.2) is 0 Å². The molecular formula is C28H32NO2P. The van der Waals surface area contributed by atoms with Gasteiger partial charge in [-0.15, -0.1) is 9.24 Å². The number of rotatable bonds is 2. The Morgan fingerprint density at radius 1 is 1.03 bits per heavy atom. The molecule has 2 atom stereocenters.